The molecular weight excluding hydrogens is 305 g/mol. The van der Waals surface area contributed by atoms with Crippen molar-refractivity contribution in [3.63, 3.8) is 0 Å². The van der Waals surface area contributed by atoms with Gasteiger partial charge in [0.2, 0.25) is 5.43 Å². The largest absolute Gasteiger partial charge is 0.463 e. The Bertz CT molecular complexity index is 819. The summed E-state index contributed by atoms with van der Waals surface area (Å²) in [4.78, 5) is 16.7. The van der Waals surface area contributed by atoms with E-state index in [1.54, 1.807) is 6.07 Å². The van der Waals surface area contributed by atoms with Crippen molar-refractivity contribution < 1.29 is 4.42 Å². The van der Waals surface area contributed by atoms with Crippen LogP contribution in [0.15, 0.2) is 51.9 Å². The molecule has 0 aromatic carbocycles. The molecule has 0 spiro atoms. The quantitative estimate of drug-likeness (QED) is 0.490. The highest BCUT2D eigenvalue weighted by Crippen LogP contribution is 2.21. The van der Waals surface area contributed by atoms with Crippen molar-refractivity contribution in [3.05, 3.63) is 63.6 Å². The molecule has 0 aliphatic carbocycles. The summed E-state index contributed by atoms with van der Waals surface area (Å²) < 4.78 is 5.54. The van der Waals surface area contributed by atoms with Gasteiger partial charge in [0.1, 0.15) is 22.4 Å². The van der Waals surface area contributed by atoms with E-state index >= 15 is 0 Å². The summed E-state index contributed by atoms with van der Waals surface area (Å²) in [6.45, 7) is 3.79. The molecule has 2 rings (SSSR count). The van der Waals surface area contributed by atoms with Crippen LogP contribution in [-0.2, 0) is 0 Å². The third kappa shape index (κ3) is 3.31. The van der Waals surface area contributed by atoms with Gasteiger partial charge < -0.3 is 4.42 Å². The summed E-state index contributed by atoms with van der Waals surface area (Å²) in [5.74, 6) is 0. The minimum atomic E-state index is -0.183. The first-order chi connectivity index (χ1) is 10.1. The van der Waals surface area contributed by atoms with Gasteiger partial charge in [-0.3, -0.25) is 4.79 Å². The second-order valence-electron chi connectivity index (χ2n) is 4.32. The van der Waals surface area contributed by atoms with E-state index in [4.69, 9.17) is 16.0 Å². The third-order valence-electron chi connectivity index (χ3n) is 2.94. The molecule has 3 nitrogen and oxygen atoms in total. The maximum atomic E-state index is 12.6. The first kappa shape index (κ1) is 15.7. The van der Waals surface area contributed by atoms with E-state index in [-0.39, 0.29) is 10.6 Å². The highest BCUT2D eigenvalue weighted by molar-refractivity contribution is 7.27. The monoisotopic (exact) mass is 319 g/mol. The summed E-state index contributed by atoms with van der Waals surface area (Å²) in [7, 11) is 2.43. The molecule has 2 aromatic rings. The van der Waals surface area contributed by atoms with Crippen LogP contribution in [0.1, 0.15) is 19.4 Å². The van der Waals surface area contributed by atoms with E-state index in [2.05, 4.69) is 14.2 Å². The van der Waals surface area contributed by atoms with Crippen LogP contribution in [0.2, 0.25) is 5.15 Å². The standard InChI is InChI=1S/C16H15ClNO2P/c1-3-5-6-7-10(4-2)11-9-20-12-8-13(21)18-16(17)14(12)15(11)19/h3-9H,21H2,1-2H3/b5-3-,7-6-,10-4+. The predicted octanol–water partition coefficient (Wildman–Crippen LogP) is 3.88. The minimum absolute atomic E-state index is 0.154. The Morgan fingerprint density at radius 2 is 2.14 bits per heavy atom. The number of fused-ring (bicyclic) bond motifs is 1. The van der Waals surface area contributed by atoms with Crippen molar-refractivity contribution in [2.24, 2.45) is 0 Å². The second kappa shape index (κ2) is 6.84. The fourth-order valence-electron chi connectivity index (χ4n) is 1.93. The summed E-state index contributed by atoms with van der Waals surface area (Å²) in [6.07, 6.45) is 10.8. The SMILES string of the molecule is C\C=C/C=C\C(=C/C)c1coc2cc(P)nc(Cl)c2c1=O. The number of nitrogens with zero attached hydrogens (tertiary/aromatic N) is 1. The van der Waals surface area contributed by atoms with Crippen LogP contribution < -0.4 is 10.9 Å². The number of pyridine rings is 1. The summed E-state index contributed by atoms with van der Waals surface area (Å²) in [5.41, 5.74) is 2.11. The van der Waals surface area contributed by atoms with Gasteiger partial charge in [0.15, 0.2) is 0 Å². The highest BCUT2D eigenvalue weighted by atomic mass is 35.5. The van der Waals surface area contributed by atoms with E-state index in [9.17, 15) is 4.79 Å². The zero-order chi connectivity index (χ0) is 15.4. The van der Waals surface area contributed by atoms with E-state index in [0.29, 0.717) is 22.0 Å². The number of allylic oxidation sites excluding steroid dienone is 6. The Hall–Kier alpha value is -1.70. The number of hydrogen-bond acceptors (Lipinski definition) is 3. The van der Waals surface area contributed by atoms with Gasteiger partial charge in [-0.05, 0) is 19.4 Å². The molecule has 1 unspecified atom stereocenters. The lowest BCUT2D eigenvalue weighted by molar-refractivity contribution is 0.600. The zero-order valence-electron chi connectivity index (χ0n) is 11.8. The van der Waals surface area contributed by atoms with Crippen LogP contribution in [0.4, 0.5) is 0 Å². The molecule has 0 bridgehead atoms. The van der Waals surface area contributed by atoms with Crippen molar-refractivity contribution >= 4 is 42.8 Å². The van der Waals surface area contributed by atoms with E-state index in [1.807, 2.05) is 44.2 Å². The van der Waals surface area contributed by atoms with Crippen molar-refractivity contribution in [2.45, 2.75) is 13.8 Å². The smallest absolute Gasteiger partial charge is 0.203 e. The molecule has 0 aliphatic rings. The fourth-order valence-corrected chi connectivity index (χ4v) is 2.57. The topological polar surface area (TPSA) is 43.1 Å². The van der Waals surface area contributed by atoms with Gasteiger partial charge in [-0.15, -0.1) is 0 Å². The Labute approximate surface area is 130 Å². The lowest BCUT2D eigenvalue weighted by atomic mass is 10.1. The van der Waals surface area contributed by atoms with Crippen molar-refractivity contribution in [1.29, 1.82) is 0 Å². The lowest BCUT2D eigenvalue weighted by Crippen LogP contribution is -2.11. The second-order valence-corrected chi connectivity index (χ2v) is 5.27. The van der Waals surface area contributed by atoms with Crippen molar-refractivity contribution in [2.75, 3.05) is 0 Å². The van der Waals surface area contributed by atoms with Crippen LogP contribution in [0, 0.1) is 0 Å². The normalized spacial score (nSPS) is 12.9. The van der Waals surface area contributed by atoms with Gasteiger partial charge in [0, 0.05) is 6.07 Å². The molecule has 0 N–H and O–H groups in total. The average molecular weight is 320 g/mol. The number of rotatable bonds is 3. The van der Waals surface area contributed by atoms with Gasteiger partial charge in [-0.2, -0.15) is 0 Å². The Kier molecular flexibility index (Phi) is 5.11. The molecule has 0 saturated carbocycles. The van der Waals surface area contributed by atoms with Crippen molar-refractivity contribution in [1.82, 2.24) is 4.98 Å². The summed E-state index contributed by atoms with van der Waals surface area (Å²) >= 11 is 6.08. The Morgan fingerprint density at radius 1 is 1.38 bits per heavy atom. The first-order valence-corrected chi connectivity index (χ1v) is 7.37. The molecule has 2 heterocycles. The van der Waals surface area contributed by atoms with Gasteiger partial charge in [0.05, 0.1) is 11.0 Å². The van der Waals surface area contributed by atoms with Crippen LogP contribution in [0.3, 0.4) is 0 Å². The summed E-state index contributed by atoms with van der Waals surface area (Å²) in [5, 5.41) is 0.458. The van der Waals surface area contributed by atoms with Gasteiger partial charge in [-0.25, -0.2) is 4.98 Å². The van der Waals surface area contributed by atoms with Gasteiger partial charge in [0.25, 0.3) is 0 Å². The third-order valence-corrected chi connectivity index (χ3v) is 3.50. The number of aromatic nitrogens is 1. The van der Waals surface area contributed by atoms with E-state index in [1.165, 1.54) is 6.26 Å². The fraction of sp³-hybridized carbons (Fsp3) is 0.125. The highest BCUT2D eigenvalue weighted by Gasteiger charge is 2.13. The van der Waals surface area contributed by atoms with Crippen LogP contribution >= 0.6 is 20.8 Å². The maximum Gasteiger partial charge on any atom is 0.203 e. The zero-order valence-corrected chi connectivity index (χ0v) is 13.7. The van der Waals surface area contributed by atoms with E-state index < -0.39 is 0 Å². The maximum absolute atomic E-state index is 12.6. The number of halogens is 1. The van der Waals surface area contributed by atoms with Crippen LogP contribution in [0.25, 0.3) is 16.5 Å². The summed E-state index contributed by atoms with van der Waals surface area (Å²) in [6, 6.07) is 1.67. The Morgan fingerprint density at radius 3 is 2.81 bits per heavy atom. The first-order valence-electron chi connectivity index (χ1n) is 6.42. The predicted molar refractivity (Wildman–Crippen MR) is 92.2 cm³/mol. The molecule has 0 aliphatic heterocycles. The molecule has 0 saturated heterocycles. The van der Waals surface area contributed by atoms with Gasteiger partial charge in [-0.1, -0.05) is 51.2 Å². The minimum Gasteiger partial charge on any atom is -0.463 e. The molecule has 21 heavy (non-hydrogen) atoms. The van der Waals surface area contributed by atoms with Crippen LogP contribution in [-0.4, -0.2) is 4.98 Å². The lowest BCUT2D eigenvalue weighted by Gasteiger charge is -2.05. The number of hydrogen-bond donors (Lipinski definition) is 0. The van der Waals surface area contributed by atoms with Crippen LogP contribution in [0.5, 0.6) is 0 Å². The molecule has 0 fully saturated rings. The molecule has 2 aromatic heterocycles. The Balaban J connectivity index is 2.66. The average Bonchev–Trinajstić information content (AvgIpc) is 2.44. The molecule has 5 heteroatoms. The van der Waals surface area contributed by atoms with E-state index in [0.717, 1.165) is 5.57 Å². The molecular formula is C16H15ClNO2P. The molecule has 0 amide bonds. The van der Waals surface area contributed by atoms with Gasteiger partial charge >= 0.3 is 0 Å². The molecule has 108 valence electrons. The molecule has 1 atom stereocenters. The molecule has 0 radical (unpaired) electrons. The van der Waals surface area contributed by atoms with Crippen molar-refractivity contribution in [3.8, 4) is 0 Å².